The molecule has 0 aliphatic carbocycles. The maximum Gasteiger partial charge on any atom is 0.184 e. The second-order valence-electron chi connectivity index (χ2n) is 5.69. The van der Waals surface area contributed by atoms with Crippen LogP contribution in [0.5, 0.6) is 0 Å². The van der Waals surface area contributed by atoms with Gasteiger partial charge in [-0.2, -0.15) is 0 Å². The van der Waals surface area contributed by atoms with E-state index in [9.17, 15) is 13.2 Å². The van der Waals surface area contributed by atoms with Crippen LogP contribution in [0.15, 0.2) is 52.8 Å². The molecule has 0 spiro atoms. The molecular formula is C21H23F3N2S2. The topological polar surface area (TPSA) is 24.1 Å². The molecule has 2 aromatic carbocycles. The van der Waals surface area contributed by atoms with Crippen molar-refractivity contribution in [2.75, 3.05) is 15.8 Å². The van der Waals surface area contributed by atoms with Crippen LogP contribution in [-0.2, 0) is 0 Å². The van der Waals surface area contributed by atoms with Crippen LogP contribution >= 0.6 is 23.7 Å². The van der Waals surface area contributed by atoms with E-state index in [1.807, 2.05) is 19.3 Å². The fourth-order valence-corrected chi connectivity index (χ4v) is 3.93. The lowest BCUT2D eigenvalue weighted by Crippen LogP contribution is -2.03. The first kappa shape index (κ1) is 22.3. The monoisotopic (exact) mass is 424 g/mol. The summed E-state index contributed by atoms with van der Waals surface area (Å²) in [5, 5.41) is 4.70. The minimum absolute atomic E-state index is 0.0836. The van der Waals surface area contributed by atoms with Crippen LogP contribution in [-0.4, -0.2) is 5.75 Å². The third kappa shape index (κ3) is 6.01. The Balaban J connectivity index is 0.00000136. The first-order valence-corrected chi connectivity index (χ1v) is 10.8. The Bertz CT molecular complexity index is 867. The highest BCUT2D eigenvalue weighted by atomic mass is 32.2. The van der Waals surface area contributed by atoms with Crippen LogP contribution in [0.25, 0.3) is 0 Å². The van der Waals surface area contributed by atoms with Gasteiger partial charge < -0.3 is 10.0 Å². The quantitative estimate of drug-likeness (QED) is 0.378. The van der Waals surface area contributed by atoms with Gasteiger partial charge in [-0.25, -0.2) is 13.2 Å². The van der Waals surface area contributed by atoms with Gasteiger partial charge in [-0.05, 0) is 60.5 Å². The zero-order chi connectivity index (χ0) is 20.5. The van der Waals surface area contributed by atoms with E-state index in [1.165, 1.54) is 30.1 Å². The molecule has 0 fully saturated rings. The molecule has 2 N–H and O–H groups in total. The number of allylic oxidation sites excluding steroid dienone is 2. The summed E-state index contributed by atoms with van der Waals surface area (Å²) in [6.45, 7) is 5.76. The van der Waals surface area contributed by atoms with Crippen molar-refractivity contribution in [3.63, 3.8) is 0 Å². The number of halogens is 3. The Morgan fingerprint density at radius 2 is 1.71 bits per heavy atom. The lowest BCUT2D eigenvalue weighted by Gasteiger charge is -2.16. The molecule has 0 amide bonds. The van der Waals surface area contributed by atoms with Gasteiger partial charge in [0.2, 0.25) is 0 Å². The van der Waals surface area contributed by atoms with Crippen molar-refractivity contribution in [2.45, 2.75) is 27.2 Å². The zero-order valence-electron chi connectivity index (χ0n) is 16.0. The SMILES string of the molecule is CC.Cc1ccc(Nc2c(NSC3=CSCC=CC3)ccc(F)c2F)c(F)c1. The fraction of sp³-hybridized carbons (Fsp3) is 0.238. The summed E-state index contributed by atoms with van der Waals surface area (Å²) < 4.78 is 45.2. The van der Waals surface area contributed by atoms with Gasteiger partial charge in [0.05, 0.1) is 11.4 Å². The van der Waals surface area contributed by atoms with Crippen molar-refractivity contribution in [1.29, 1.82) is 0 Å². The van der Waals surface area contributed by atoms with Crippen molar-refractivity contribution in [3.8, 4) is 0 Å². The average molecular weight is 425 g/mol. The molecule has 0 saturated carbocycles. The third-order valence-electron chi connectivity index (χ3n) is 3.66. The smallest absolute Gasteiger partial charge is 0.184 e. The summed E-state index contributed by atoms with van der Waals surface area (Å²) in [6.07, 6.45) is 4.91. The molecule has 0 bridgehead atoms. The minimum Gasteiger partial charge on any atom is -0.349 e. The van der Waals surface area contributed by atoms with E-state index in [2.05, 4.69) is 22.2 Å². The summed E-state index contributed by atoms with van der Waals surface area (Å²) >= 11 is 2.99. The number of benzene rings is 2. The highest BCUT2D eigenvalue weighted by molar-refractivity contribution is 8.07. The zero-order valence-corrected chi connectivity index (χ0v) is 17.6. The summed E-state index contributed by atoms with van der Waals surface area (Å²) in [4.78, 5) is 1.06. The Hall–Kier alpha value is -1.99. The predicted molar refractivity (Wildman–Crippen MR) is 118 cm³/mol. The number of anilines is 3. The molecule has 3 rings (SSSR count). The molecule has 0 atom stereocenters. The van der Waals surface area contributed by atoms with E-state index in [4.69, 9.17) is 0 Å². The first-order valence-electron chi connectivity index (χ1n) is 8.94. The lowest BCUT2D eigenvalue weighted by molar-refractivity contribution is 0.512. The van der Waals surface area contributed by atoms with Gasteiger partial charge in [-0.1, -0.05) is 32.1 Å². The molecule has 0 radical (unpaired) electrons. The number of nitrogens with one attached hydrogen (secondary N) is 2. The van der Waals surface area contributed by atoms with Crippen LogP contribution < -0.4 is 10.0 Å². The highest BCUT2D eigenvalue weighted by Gasteiger charge is 2.16. The third-order valence-corrected chi connectivity index (χ3v) is 5.52. The molecule has 2 aromatic rings. The van der Waals surface area contributed by atoms with Crippen molar-refractivity contribution >= 4 is 40.8 Å². The maximum atomic E-state index is 14.4. The van der Waals surface area contributed by atoms with E-state index in [-0.39, 0.29) is 11.4 Å². The second-order valence-corrected chi connectivity index (χ2v) is 7.52. The Morgan fingerprint density at radius 1 is 0.964 bits per heavy atom. The van der Waals surface area contributed by atoms with E-state index < -0.39 is 17.5 Å². The molecule has 2 nitrogen and oxygen atoms in total. The van der Waals surface area contributed by atoms with Crippen molar-refractivity contribution in [1.82, 2.24) is 0 Å². The molecule has 1 heterocycles. The fourth-order valence-electron chi connectivity index (χ4n) is 2.31. The van der Waals surface area contributed by atoms with Gasteiger partial charge in [-0.3, -0.25) is 0 Å². The van der Waals surface area contributed by atoms with Gasteiger partial charge >= 0.3 is 0 Å². The van der Waals surface area contributed by atoms with Crippen LogP contribution in [0.2, 0.25) is 0 Å². The van der Waals surface area contributed by atoms with Crippen LogP contribution in [0.3, 0.4) is 0 Å². The number of hydrogen-bond donors (Lipinski definition) is 2. The Morgan fingerprint density at radius 3 is 2.46 bits per heavy atom. The molecule has 1 aliphatic rings. The van der Waals surface area contributed by atoms with Gasteiger partial charge in [0.25, 0.3) is 0 Å². The minimum atomic E-state index is -1.06. The summed E-state index contributed by atoms with van der Waals surface area (Å²) in [6, 6.07) is 7.01. The molecule has 1 aliphatic heterocycles. The number of rotatable bonds is 5. The van der Waals surface area contributed by atoms with Gasteiger partial charge in [0, 0.05) is 10.7 Å². The van der Waals surface area contributed by atoms with E-state index >= 15 is 0 Å². The number of hydrogen-bond acceptors (Lipinski definition) is 4. The molecular weight excluding hydrogens is 401 g/mol. The average Bonchev–Trinajstić information content (AvgIpc) is 2.97. The number of aryl methyl sites for hydroxylation is 1. The molecule has 0 aromatic heterocycles. The van der Waals surface area contributed by atoms with Crippen molar-refractivity contribution in [3.05, 3.63) is 75.8 Å². The van der Waals surface area contributed by atoms with E-state index in [0.717, 1.165) is 28.7 Å². The molecule has 7 heteroatoms. The second kappa shape index (κ2) is 11.1. The Kier molecular flexibility index (Phi) is 8.86. The highest BCUT2D eigenvalue weighted by Crippen LogP contribution is 2.35. The largest absolute Gasteiger partial charge is 0.349 e. The molecule has 150 valence electrons. The standard InChI is InChI=1S/C19H17F3N2S2.C2H6/c1-12-5-7-16(15(21)10-12)23-19-17(8-6-14(20)18(19)22)24-26-13-4-2-3-9-25-11-13;1-2/h2-3,5-8,10-11,23-24H,4,9H2,1H3;1-2H3. The van der Waals surface area contributed by atoms with Crippen LogP contribution in [0.1, 0.15) is 25.8 Å². The Labute approximate surface area is 172 Å². The van der Waals surface area contributed by atoms with Crippen LogP contribution in [0.4, 0.5) is 30.2 Å². The predicted octanol–water partition coefficient (Wildman–Crippen LogP) is 7.78. The van der Waals surface area contributed by atoms with Crippen molar-refractivity contribution in [2.24, 2.45) is 0 Å². The molecule has 28 heavy (non-hydrogen) atoms. The summed E-state index contributed by atoms with van der Waals surface area (Å²) in [5.41, 5.74) is 1.04. The molecule has 0 saturated heterocycles. The van der Waals surface area contributed by atoms with Gasteiger partial charge in [0.15, 0.2) is 11.6 Å². The number of thioether (sulfide) groups is 1. The molecule has 0 unspecified atom stereocenters. The van der Waals surface area contributed by atoms with Gasteiger partial charge in [0.1, 0.15) is 11.5 Å². The van der Waals surface area contributed by atoms with E-state index in [0.29, 0.717) is 5.69 Å². The summed E-state index contributed by atoms with van der Waals surface area (Å²) in [7, 11) is 0. The van der Waals surface area contributed by atoms with Crippen molar-refractivity contribution < 1.29 is 13.2 Å². The maximum absolute atomic E-state index is 14.4. The summed E-state index contributed by atoms with van der Waals surface area (Å²) in [5.74, 6) is -1.67. The van der Waals surface area contributed by atoms with Gasteiger partial charge in [-0.15, -0.1) is 11.8 Å². The van der Waals surface area contributed by atoms with Crippen LogP contribution in [0, 0.1) is 24.4 Å². The van der Waals surface area contributed by atoms with E-state index in [1.54, 1.807) is 24.8 Å². The lowest BCUT2D eigenvalue weighted by atomic mass is 10.2. The first-order chi connectivity index (χ1) is 13.5. The normalized spacial score (nSPS) is 13.1.